The van der Waals surface area contributed by atoms with Gasteiger partial charge in [-0.15, -0.1) is 5.10 Å². The number of halogens is 1. The Labute approximate surface area is 120 Å². The van der Waals surface area contributed by atoms with E-state index in [2.05, 4.69) is 50.1 Å². The first kappa shape index (κ1) is 13.3. The predicted molar refractivity (Wildman–Crippen MR) is 79.3 cm³/mol. The summed E-state index contributed by atoms with van der Waals surface area (Å²) in [5, 5.41) is 7.09. The molecule has 0 spiro atoms. The zero-order chi connectivity index (χ0) is 13.1. The van der Waals surface area contributed by atoms with Crippen LogP contribution in [-0.4, -0.2) is 21.8 Å². The van der Waals surface area contributed by atoms with Gasteiger partial charge in [0.1, 0.15) is 0 Å². The van der Waals surface area contributed by atoms with E-state index in [1.54, 1.807) is 0 Å². The summed E-state index contributed by atoms with van der Waals surface area (Å²) in [6.07, 6.45) is 0. The van der Waals surface area contributed by atoms with E-state index in [1.165, 1.54) is 5.56 Å². The van der Waals surface area contributed by atoms with Crippen LogP contribution in [-0.2, 0) is 13.1 Å². The van der Waals surface area contributed by atoms with Crippen LogP contribution in [0, 0.1) is 4.77 Å². The Morgan fingerprint density at radius 3 is 2.67 bits per heavy atom. The normalized spacial score (nSPS) is 10.6. The molecule has 96 valence electrons. The van der Waals surface area contributed by atoms with Crippen molar-refractivity contribution >= 4 is 34.1 Å². The van der Waals surface area contributed by atoms with Crippen LogP contribution in [0.4, 0.5) is 5.95 Å². The number of hydrogen-bond acceptors (Lipinski definition) is 3. The minimum Gasteiger partial charge on any atom is -0.340 e. The van der Waals surface area contributed by atoms with Gasteiger partial charge in [0.15, 0.2) is 4.77 Å². The molecule has 0 aliphatic carbocycles. The standard InChI is InChI=1S/C12H15BrN4S/c1-3-17-11(14-15-12(17)18)16(2)8-9-4-6-10(13)7-5-9/h4-7H,3,8H2,1-2H3,(H,15,18). The molecular weight excluding hydrogens is 312 g/mol. The number of hydrogen-bond donors (Lipinski definition) is 1. The van der Waals surface area contributed by atoms with Gasteiger partial charge in [-0.3, -0.25) is 4.57 Å². The fourth-order valence-electron chi connectivity index (χ4n) is 1.82. The molecule has 0 fully saturated rings. The van der Waals surface area contributed by atoms with Crippen LogP contribution >= 0.6 is 28.1 Å². The highest BCUT2D eigenvalue weighted by Crippen LogP contribution is 2.15. The maximum atomic E-state index is 5.19. The van der Waals surface area contributed by atoms with Crippen LogP contribution in [0.25, 0.3) is 0 Å². The lowest BCUT2D eigenvalue weighted by molar-refractivity contribution is 0.717. The van der Waals surface area contributed by atoms with Gasteiger partial charge < -0.3 is 4.90 Å². The van der Waals surface area contributed by atoms with Crippen molar-refractivity contribution in [2.45, 2.75) is 20.0 Å². The highest BCUT2D eigenvalue weighted by atomic mass is 79.9. The van der Waals surface area contributed by atoms with Crippen LogP contribution in [0.3, 0.4) is 0 Å². The van der Waals surface area contributed by atoms with Crippen molar-refractivity contribution in [3.8, 4) is 0 Å². The largest absolute Gasteiger partial charge is 0.340 e. The van der Waals surface area contributed by atoms with Crippen LogP contribution in [0.5, 0.6) is 0 Å². The molecule has 18 heavy (non-hydrogen) atoms. The zero-order valence-electron chi connectivity index (χ0n) is 10.4. The maximum Gasteiger partial charge on any atom is 0.225 e. The van der Waals surface area contributed by atoms with Gasteiger partial charge in [0, 0.05) is 24.6 Å². The van der Waals surface area contributed by atoms with Crippen LogP contribution in [0.1, 0.15) is 12.5 Å². The Morgan fingerprint density at radius 1 is 1.39 bits per heavy atom. The minimum absolute atomic E-state index is 0.662. The molecule has 0 bridgehead atoms. The Bertz CT molecular complexity index is 573. The molecule has 1 N–H and O–H groups in total. The lowest BCUT2D eigenvalue weighted by Crippen LogP contribution is -2.20. The van der Waals surface area contributed by atoms with Crippen molar-refractivity contribution in [2.24, 2.45) is 0 Å². The van der Waals surface area contributed by atoms with E-state index in [4.69, 9.17) is 12.2 Å². The van der Waals surface area contributed by atoms with Crippen LogP contribution in [0.15, 0.2) is 28.7 Å². The molecule has 0 saturated heterocycles. The molecule has 0 radical (unpaired) electrons. The number of benzene rings is 1. The Morgan fingerprint density at radius 2 is 2.06 bits per heavy atom. The summed E-state index contributed by atoms with van der Waals surface area (Å²) in [7, 11) is 2.01. The van der Waals surface area contributed by atoms with Gasteiger partial charge in [0.05, 0.1) is 0 Å². The number of aromatic amines is 1. The lowest BCUT2D eigenvalue weighted by Gasteiger charge is -2.18. The van der Waals surface area contributed by atoms with Gasteiger partial charge in [-0.1, -0.05) is 28.1 Å². The second-order valence-electron chi connectivity index (χ2n) is 4.06. The van der Waals surface area contributed by atoms with E-state index < -0.39 is 0 Å². The first-order valence-electron chi connectivity index (χ1n) is 5.72. The van der Waals surface area contributed by atoms with Crippen molar-refractivity contribution in [3.63, 3.8) is 0 Å². The summed E-state index contributed by atoms with van der Waals surface area (Å²) in [5.41, 5.74) is 1.23. The van der Waals surface area contributed by atoms with Gasteiger partial charge in [-0.05, 0) is 36.8 Å². The molecule has 0 saturated carbocycles. The topological polar surface area (TPSA) is 36.9 Å². The van der Waals surface area contributed by atoms with Gasteiger partial charge in [0.2, 0.25) is 5.95 Å². The summed E-state index contributed by atoms with van der Waals surface area (Å²) in [6, 6.07) is 8.27. The third kappa shape index (κ3) is 2.81. The second-order valence-corrected chi connectivity index (χ2v) is 5.36. The molecule has 0 aliphatic rings. The smallest absolute Gasteiger partial charge is 0.225 e. The van der Waals surface area contributed by atoms with Gasteiger partial charge >= 0.3 is 0 Å². The average molecular weight is 327 g/mol. The number of anilines is 1. The lowest BCUT2D eigenvalue weighted by atomic mass is 10.2. The monoisotopic (exact) mass is 326 g/mol. The maximum absolute atomic E-state index is 5.19. The molecule has 1 aromatic heterocycles. The Kier molecular flexibility index (Phi) is 4.19. The molecule has 1 aromatic carbocycles. The van der Waals surface area contributed by atoms with Crippen molar-refractivity contribution in [1.82, 2.24) is 14.8 Å². The number of H-pyrrole nitrogens is 1. The zero-order valence-corrected chi connectivity index (χ0v) is 12.8. The first-order valence-corrected chi connectivity index (χ1v) is 6.92. The van der Waals surface area contributed by atoms with E-state index in [0.717, 1.165) is 23.5 Å². The van der Waals surface area contributed by atoms with Crippen molar-refractivity contribution < 1.29 is 0 Å². The quantitative estimate of drug-likeness (QED) is 0.875. The molecule has 4 nitrogen and oxygen atoms in total. The summed E-state index contributed by atoms with van der Waals surface area (Å²) in [5.74, 6) is 0.866. The highest BCUT2D eigenvalue weighted by Gasteiger charge is 2.10. The number of nitrogens with zero attached hydrogens (tertiary/aromatic N) is 3. The summed E-state index contributed by atoms with van der Waals surface area (Å²) in [4.78, 5) is 2.08. The SMILES string of the molecule is CCn1c(N(C)Cc2ccc(Br)cc2)n[nH]c1=S. The summed E-state index contributed by atoms with van der Waals surface area (Å²) >= 11 is 8.62. The molecular formula is C12H15BrN4S. The molecule has 0 atom stereocenters. The third-order valence-corrected chi connectivity index (χ3v) is 3.57. The molecule has 1 heterocycles. The predicted octanol–water partition coefficient (Wildman–Crippen LogP) is 3.36. The number of aromatic nitrogens is 3. The van der Waals surface area contributed by atoms with E-state index in [9.17, 15) is 0 Å². The molecule has 2 aromatic rings. The highest BCUT2D eigenvalue weighted by molar-refractivity contribution is 9.10. The minimum atomic E-state index is 0.662. The van der Waals surface area contributed by atoms with E-state index >= 15 is 0 Å². The van der Waals surface area contributed by atoms with E-state index in [0.29, 0.717) is 4.77 Å². The van der Waals surface area contributed by atoms with Gasteiger partial charge in [0.25, 0.3) is 0 Å². The fraction of sp³-hybridized carbons (Fsp3) is 0.333. The average Bonchev–Trinajstić information content (AvgIpc) is 2.73. The molecule has 0 unspecified atom stereocenters. The van der Waals surface area contributed by atoms with Crippen molar-refractivity contribution in [1.29, 1.82) is 0 Å². The third-order valence-electron chi connectivity index (χ3n) is 2.73. The molecule has 6 heteroatoms. The summed E-state index contributed by atoms with van der Waals surface area (Å²) in [6.45, 7) is 3.67. The second kappa shape index (κ2) is 5.67. The molecule has 0 aliphatic heterocycles. The van der Waals surface area contributed by atoms with E-state index in [1.807, 2.05) is 23.7 Å². The number of nitrogens with one attached hydrogen (secondary N) is 1. The Hall–Kier alpha value is -1.14. The van der Waals surface area contributed by atoms with Crippen molar-refractivity contribution in [2.75, 3.05) is 11.9 Å². The van der Waals surface area contributed by atoms with Crippen LogP contribution < -0.4 is 4.90 Å². The summed E-state index contributed by atoms with van der Waals surface area (Å²) < 4.78 is 3.73. The van der Waals surface area contributed by atoms with Crippen LogP contribution in [0.2, 0.25) is 0 Å². The molecule has 2 rings (SSSR count). The van der Waals surface area contributed by atoms with Crippen molar-refractivity contribution in [3.05, 3.63) is 39.1 Å². The molecule has 0 amide bonds. The Balaban J connectivity index is 2.19. The first-order chi connectivity index (χ1) is 8.61. The van der Waals surface area contributed by atoms with Gasteiger partial charge in [-0.2, -0.15) is 0 Å². The van der Waals surface area contributed by atoms with Gasteiger partial charge in [-0.25, -0.2) is 5.10 Å². The van der Waals surface area contributed by atoms with E-state index in [-0.39, 0.29) is 0 Å². The fourth-order valence-corrected chi connectivity index (χ4v) is 2.34. The number of rotatable bonds is 4.